The van der Waals surface area contributed by atoms with Crippen LogP contribution in [0.3, 0.4) is 0 Å². The van der Waals surface area contributed by atoms with Crippen molar-refractivity contribution >= 4 is 5.91 Å². The molecule has 0 aliphatic heterocycles. The van der Waals surface area contributed by atoms with Gasteiger partial charge in [0.25, 0.3) is 0 Å². The molecule has 1 amide bonds. The van der Waals surface area contributed by atoms with Crippen LogP contribution in [0.15, 0.2) is 42.1 Å². The fraction of sp³-hybridized carbons (Fsp3) is 0.550. The van der Waals surface area contributed by atoms with Gasteiger partial charge >= 0.3 is 0 Å². The van der Waals surface area contributed by atoms with Crippen molar-refractivity contribution in [2.24, 2.45) is 5.73 Å². The Balaban J connectivity index is 2.00. The van der Waals surface area contributed by atoms with Gasteiger partial charge in [0.15, 0.2) is 0 Å². The molecule has 4 heteroatoms. The van der Waals surface area contributed by atoms with Gasteiger partial charge in [-0.25, -0.2) is 0 Å². The molecule has 0 saturated heterocycles. The van der Waals surface area contributed by atoms with Crippen LogP contribution in [0.2, 0.25) is 0 Å². The zero-order valence-corrected chi connectivity index (χ0v) is 14.9. The van der Waals surface area contributed by atoms with E-state index in [0.29, 0.717) is 13.1 Å². The predicted octanol–water partition coefficient (Wildman–Crippen LogP) is 3.14. The van der Waals surface area contributed by atoms with Crippen LogP contribution >= 0.6 is 0 Å². The van der Waals surface area contributed by atoms with E-state index < -0.39 is 0 Å². The Hall–Kier alpha value is -1.65. The summed E-state index contributed by atoms with van der Waals surface area (Å²) in [6.45, 7) is 5.58. The normalized spacial score (nSPS) is 14.5. The lowest BCUT2D eigenvalue weighted by atomic mass is 10.0. The summed E-state index contributed by atoms with van der Waals surface area (Å²) < 4.78 is 0. The van der Waals surface area contributed by atoms with Crippen LogP contribution in [0.5, 0.6) is 0 Å². The van der Waals surface area contributed by atoms with Crippen molar-refractivity contribution in [1.29, 1.82) is 0 Å². The summed E-state index contributed by atoms with van der Waals surface area (Å²) in [6.07, 6.45) is 7.71. The summed E-state index contributed by atoms with van der Waals surface area (Å²) in [4.78, 5) is 17.0. The average molecular weight is 329 g/mol. The van der Waals surface area contributed by atoms with Crippen LogP contribution in [-0.2, 0) is 11.3 Å². The summed E-state index contributed by atoms with van der Waals surface area (Å²) in [7, 11) is 0. The number of carbonyl (C=O) groups excluding carboxylic acids is 1. The first-order valence-corrected chi connectivity index (χ1v) is 9.20. The van der Waals surface area contributed by atoms with Gasteiger partial charge in [-0.1, -0.05) is 36.4 Å². The van der Waals surface area contributed by atoms with Crippen molar-refractivity contribution in [1.82, 2.24) is 9.80 Å². The molecule has 132 valence electrons. The van der Waals surface area contributed by atoms with Gasteiger partial charge in [-0.15, -0.1) is 0 Å². The van der Waals surface area contributed by atoms with E-state index in [1.54, 1.807) is 0 Å². The highest BCUT2D eigenvalue weighted by Gasteiger charge is 2.20. The molecule has 2 rings (SSSR count). The molecule has 1 aromatic rings. The average Bonchev–Trinajstić information content (AvgIpc) is 2.62. The second kappa shape index (κ2) is 10.3. The molecule has 2 N–H and O–H groups in total. The number of hydrogen-bond acceptors (Lipinski definition) is 3. The lowest BCUT2D eigenvalue weighted by Crippen LogP contribution is -2.40. The number of benzene rings is 1. The topological polar surface area (TPSA) is 49.6 Å². The molecule has 0 aromatic heterocycles. The molecule has 0 unspecified atom stereocenters. The van der Waals surface area contributed by atoms with Crippen LogP contribution in [0.4, 0.5) is 0 Å². The zero-order valence-electron chi connectivity index (χ0n) is 14.9. The third-order valence-electron chi connectivity index (χ3n) is 4.52. The van der Waals surface area contributed by atoms with Crippen LogP contribution in [0.1, 0.15) is 44.6 Å². The van der Waals surface area contributed by atoms with E-state index in [9.17, 15) is 4.79 Å². The molecular formula is C20H31N3O. The molecule has 1 aliphatic carbocycles. The molecular weight excluding hydrogens is 298 g/mol. The van der Waals surface area contributed by atoms with Crippen molar-refractivity contribution in [3.05, 3.63) is 47.7 Å². The van der Waals surface area contributed by atoms with Crippen LogP contribution in [-0.4, -0.2) is 41.9 Å². The van der Waals surface area contributed by atoms with E-state index in [1.165, 1.54) is 24.1 Å². The zero-order chi connectivity index (χ0) is 17.2. The third-order valence-corrected chi connectivity index (χ3v) is 4.52. The molecule has 1 aromatic carbocycles. The number of likely N-dealkylation sites (N-methyl/N-ethyl adjacent to an activating group) is 1. The first-order chi connectivity index (χ1) is 11.7. The largest absolute Gasteiger partial charge is 0.330 e. The molecule has 0 heterocycles. The van der Waals surface area contributed by atoms with Gasteiger partial charge in [-0.05, 0) is 51.1 Å². The van der Waals surface area contributed by atoms with Gasteiger partial charge in [-0.3, -0.25) is 9.69 Å². The Labute approximate surface area is 146 Å². The van der Waals surface area contributed by atoms with Gasteiger partial charge in [0.2, 0.25) is 5.91 Å². The van der Waals surface area contributed by atoms with Crippen molar-refractivity contribution in [3.63, 3.8) is 0 Å². The highest BCUT2D eigenvalue weighted by molar-refractivity contribution is 5.80. The molecule has 0 atom stereocenters. The number of nitrogens with two attached hydrogens (primary N) is 1. The Morgan fingerprint density at radius 2 is 2.00 bits per heavy atom. The van der Waals surface area contributed by atoms with Gasteiger partial charge < -0.3 is 10.6 Å². The van der Waals surface area contributed by atoms with Crippen molar-refractivity contribution in [3.8, 4) is 0 Å². The fourth-order valence-corrected chi connectivity index (χ4v) is 3.25. The third kappa shape index (κ3) is 5.77. The number of carbonyl (C=O) groups is 1. The van der Waals surface area contributed by atoms with Crippen molar-refractivity contribution < 1.29 is 4.79 Å². The monoisotopic (exact) mass is 329 g/mol. The van der Waals surface area contributed by atoms with Gasteiger partial charge in [0.1, 0.15) is 0 Å². The summed E-state index contributed by atoms with van der Waals surface area (Å²) in [5, 5.41) is 0. The Morgan fingerprint density at radius 3 is 2.62 bits per heavy atom. The van der Waals surface area contributed by atoms with Crippen molar-refractivity contribution in [2.75, 3.05) is 26.2 Å². The lowest BCUT2D eigenvalue weighted by Gasteiger charge is -2.30. The maximum absolute atomic E-state index is 12.8. The second-order valence-electron chi connectivity index (χ2n) is 6.42. The summed E-state index contributed by atoms with van der Waals surface area (Å²) in [5.41, 5.74) is 8.13. The van der Waals surface area contributed by atoms with E-state index in [4.69, 9.17) is 5.73 Å². The Bertz CT molecular complexity index is 527. The molecule has 0 radical (unpaired) electrons. The highest BCUT2D eigenvalue weighted by Crippen LogP contribution is 2.21. The molecule has 4 nitrogen and oxygen atoms in total. The SMILES string of the molecule is CCN(C(=O)CN(CCCN)Cc1ccccc1)C1=CCCCC1. The summed E-state index contributed by atoms with van der Waals surface area (Å²) in [6, 6.07) is 10.3. The van der Waals surface area contributed by atoms with E-state index >= 15 is 0 Å². The number of allylic oxidation sites excluding steroid dienone is 2. The molecule has 0 bridgehead atoms. The van der Waals surface area contributed by atoms with Crippen LogP contribution in [0, 0.1) is 0 Å². The molecule has 0 spiro atoms. The minimum absolute atomic E-state index is 0.207. The smallest absolute Gasteiger partial charge is 0.240 e. The van der Waals surface area contributed by atoms with Crippen LogP contribution < -0.4 is 5.73 Å². The number of nitrogens with zero attached hydrogens (tertiary/aromatic N) is 2. The maximum atomic E-state index is 12.8. The first kappa shape index (κ1) is 18.7. The van der Waals surface area contributed by atoms with Gasteiger partial charge in [0.05, 0.1) is 6.54 Å². The molecule has 1 aliphatic rings. The summed E-state index contributed by atoms with van der Waals surface area (Å²) >= 11 is 0. The standard InChI is InChI=1S/C20H31N3O/c1-2-23(19-12-7-4-8-13-19)20(24)17-22(15-9-14-21)16-18-10-5-3-6-11-18/h3,5-6,10-12H,2,4,7-9,13-17,21H2,1H3. The van der Waals surface area contributed by atoms with E-state index in [2.05, 4.69) is 30.0 Å². The Kier molecular flexibility index (Phi) is 7.99. The van der Waals surface area contributed by atoms with Crippen molar-refractivity contribution in [2.45, 2.75) is 45.6 Å². The highest BCUT2D eigenvalue weighted by atomic mass is 16.2. The number of hydrogen-bond donors (Lipinski definition) is 1. The summed E-state index contributed by atoms with van der Waals surface area (Å²) in [5.74, 6) is 0.207. The van der Waals surface area contributed by atoms with E-state index in [1.807, 2.05) is 23.1 Å². The predicted molar refractivity (Wildman–Crippen MR) is 99.3 cm³/mol. The van der Waals surface area contributed by atoms with Gasteiger partial charge in [-0.2, -0.15) is 0 Å². The maximum Gasteiger partial charge on any atom is 0.240 e. The lowest BCUT2D eigenvalue weighted by molar-refractivity contribution is -0.130. The fourth-order valence-electron chi connectivity index (χ4n) is 3.25. The number of rotatable bonds is 9. The van der Waals surface area contributed by atoms with Gasteiger partial charge in [0, 0.05) is 25.3 Å². The molecule has 24 heavy (non-hydrogen) atoms. The van der Waals surface area contributed by atoms with Crippen LogP contribution in [0.25, 0.3) is 0 Å². The van der Waals surface area contributed by atoms with E-state index in [-0.39, 0.29) is 5.91 Å². The quantitative estimate of drug-likeness (QED) is 0.757. The molecule has 0 saturated carbocycles. The Morgan fingerprint density at radius 1 is 1.21 bits per heavy atom. The second-order valence-corrected chi connectivity index (χ2v) is 6.42. The van der Waals surface area contributed by atoms with E-state index in [0.717, 1.165) is 38.9 Å². The minimum atomic E-state index is 0.207. The number of amides is 1. The first-order valence-electron chi connectivity index (χ1n) is 9.20. The minimum Gasteiger partial charge on any atom is -0.330 e. The molecule has 0 fully saturated rings.